The van der Waals surface area contributed by atoms with Gasteiger partial charge in [0.05, 0.1) is 0 Å². The zero-order valence-electron chi connectivity index (χ0n) is 15.3. The Hall–Kier alpha value is -2.80. The van der Waals surface area contributed by atoms with Crippen molar-refractivity contribution in [1.82, 2.24) is 24.2 Å². The molecule has 0 bridgehead atoms. The van der Waals surface area contributed by atoms with Gasteiger partial charge in [0, 0.05) is 50.3 Å². The molecule has 0 radical (unpaired) electrons. The second kappa shape index (κ2) is 7.44. The number of aromatic nitrogens is 3. The number of rotatable bonds is 4. The minimum atomic E-state index is -0.299. The molecule has 0 atom stereocenters. The first-order valence-corrected chi connectivity index (χ1v) is 9.27. The normalized spacial score (nSPS) is 15.4. The third-order valence-electron chi connectivity index (χ3n) is 4.91. The number of benzene rings is 1. The first-order chi connectivity index (χ1) is 13.2. The smallest absolute Gasteiger partial charge is 0.274 e. The third kappa shape index (κ3) is 3.55. The van der Waals surface area contributed by atoms with Crippen LogP contribution in [0.2, 0.25) is 0 Å². The van der Waals surface area contributed by atoms with Gasteiger partial charge >= 0.3 is 0 Å². The maximum atomic E-state index is 13.2. The van der Waals surface area contributed by atoms with Crippen LogP contribution in [0.1, 0.15) is 23.8 Å². The van der Waals surface area contributed by atoms with Crippen molar-refractivity contribution in [3.8, 4) is 11.3 Å². The summed E-state index contributed by atoms with van der Waals surface area (Å²) in [5.74, 6) is -0.355. The fraction of sp³-hybridized carbons (Fsp3) is 0.350. The molecule has 0 saturated carbocycles. The minimum Gasteiger partial charge on any atom is -0.335 e. The molecule has 140 valence electrons. The zero-order valence-corrected chi connectivity index (χ0v) is 15.3. The van der Waals surface area contributed by atoms with Crippen LogP contribution in [0.4, 0.5) is 4.39 Å². The number of amides is 1. The van der Waals surface area contributed by atoms with Crippen molar-refractivity contribution in [2.75, 3.05) is 32.7 Å². The van der Waals surface area contributed by atoms with Gasteiger partial charge in [-0.05, 0) is 37.2 Å². The fourth-order valence-corrected chi connectivity index (χ4v) is 3.49. The Morgan fingerprint density at radius 3 is 2.59 bits per heavy atom. The summed E-state index contributed by atoms with van der Waals surface area (Å²) in [5, 5.41) is 0. The quantitative estimate of drug-likeness (QED) is 0.712. The van der Waals surface area contributed by atoms with Crippen LogP contribution in [0.25, 0.3) is 16.9 Å². The average molecular weight is 367 g/mol. The van der Waals surface area contributed by atoms with Crippen LogP contribution in [0.3, 0.4) is 0 Å². The zero-order chi connectivity index (χ0) is 18.8. The molecular formula is C20H22FN5O. The van der Waals surface area contributed by atoms with Crippen molar-refractivity contribution < 1.29 is 9.18 Å². The molecular weight excluding hydrogens is 345 g/mol. The number of hydrogen-bond acceptors (Lipinski definition) is 4. The van der Waals surface area contributed by atoms with Gasteiger partial charge < -0.3 is 9.30 Å². The second-order valence-electron chi connectivity index (χ2n) is 6.77. The molecule has 1 fully saturated rings. The van der Waals surface area contributed by atoms with Crippen molar-refractivity contribution in [2.45, 2.75) is 13.3 Å². The van der Waals surface area contributed by atoms with E-state index in [4.69, 9.17) is 0 Å². The Morgan fingerprint density at radius 2 is 1.89 bits per heavy atom. The molecule has 1 amide bonds. The predicted molar refractivity (Wildman–Crippen MR) is 101 cm³/mol. The molecule has 1 saturated heterocycles. The first-order valence-electron chi connectivity index (χ1n) is 9.27. The molecule has 27 heavy (non-hydrogen) atoms. The van der Waals surface area contributed by atoms with E-state index in [1.54, 1.807) is 35.1 Å². The highest BCUT2D eigenvalue weighted by atomic mass is 19.1. The average Bonchev–Trinajstić information content (AvgIpc) is 3.13. The van der Waals surface area contributed by atoms with Crippen molar-refractivity contribution in [1.29, 1.82) is 0 Å². The van der Waals surface area contributed by atoms with E-state index in [1.807, 2.05) is 4.90 Å². The van der Waals surface area contributed by atoms with E-state index in [1.165, 1.54) is 12.1 Å². The highest BCUT2D eigenvalue weighted by molar-refractivity contribution is 5.93. The van der Waals surface area contributed by atoms with E-state index in [0.717, 1.165) is 44.7 Å². The van der Waals surface area contributed by atoms with E-state index in [-0.39, 0.29) is 11.7 Å². The summed E-state index contributed by atoms with van der Waals surface area (Å²) in [6, 6.07) is 6.12. The Bertz CT molecular complexity index is 945. The molecule has 0 aliphatic carbocycles. The summed E-state index contributed by atoms with van der Waals surface area (Å²) < 4.78 is 15.0. The highest BCUT2D eigenvalue weighted by Crippen LogP contribution is 2.22. The van der Waals surface area contributed by atoms with Crippen molar-refractivity contribution in [3.63, 3.8) is 0 Å². The second-order valence-corrected chi connectivity index (χ2v) is 6.77. The minimum absolute atomic E-state index is 0.0556. The molecule has 0 unspecified atom stereocenters. The lowest BCUT2D eigenvalue weighted by Crippen LogP contribution is -2.48. The topological polar surface area (TPSA) is 53.7 Å². The lowest BCUT2D eigenvalue weighted by atomic mass is 10.1. The molecule has 0 spiro atoms. The van der Waals surface area contributed by atoms with E-state index in [9.17, 15) is 9.18 Å². The van der Waals surface area contributed by atoms with Gasteiger partial charge in [0.2, 0.25) is 0 Å². The van der Waals surface area contributed by atoms with Crippen LogP contribution in [0, 0.1) is 5.82 Å². The molecule has 4 rings (SSSR count). The molecule has 3 heterocycles. The van der Waals surface area contributed by atoms with Crippen LogP contribution in [-0.4, -0.2) is 62.8 Å². The van der Waals surface area contributed by atoms with Gasteiger partial charge in [-0.2, -0.15) is 0 Å². The molecule has 7 heteroatoms. The van der Waals surface area contributed by atoms with E-state index < -0.39 is 0 Å². The molecule has 2 aromatic heterocycles. The number of carbonyl (C=O) groups excluding carboxylic acids is 1. The van der Waals surface area contributed by atoms with Gasteiger partial charge in [-0.25, -0.2) is 9.37 Å². The largest absolute Gasteiger partial charge is 0.335 e. The number of carbonyl (C=O) groups is 1. The summed E-state index contributed by atoms with van der Waals surface area (Å²) in [5.41, 5.74) is 2.40. The van der Waals surface area contributed by atoms with Gasteiger partial charge in [0.1, 0.15) is 17.2 Å². The lowest BCUT2D eigenvalue weighted by Gasteiger charge is -2.34. The first kappa shape index (κ1) is 17.6. The predicted octanol–water partition coefficient (Wildman–Crippen LogP) is 2.70. The van der Waals surface area contributed by atoms with Crippen LogP contribution < -0.4 is 0 Å². The van der Waals surface area contributed by atoms with E-state index >= 15 is 0 Å². The maximum Gasteiger partial charge on any atom is 0.274 e. The van der Waals surface area contributed by atoms with Crippen LogP contribution in [0.5, 0.6) is 0 Å². The molecule has 0 N–H and O–H groups in total. The summed E-state index contributed by atoms with van der Waals surface area (Å²) in [6.45, 7) is 6.47. The SMILES string of the molecule is CCCN1CCN(C(=O)c2cn3ccnc(-c4ccc(F)cc4)c3n2)CC1. The molecule has 1 aliphatic heterocycles. The maximum absolute atomic E-state index is 13.2. The number of nitrogens with zero attached hydrogens (tertiary/aromatic N) is 5. The highest BCUT2D eigenvalue weighted by Gasteiger charge is 2.24. The van der Waals surface area contributed by atoms with Gasteiger partial charge in [-0.1, -0.05) is 6.92 Å². The molecule has 1 aromatic carbocycles. The van der Waals surface area contributed by atoms with Crippen molar-refractivity contribution in [3.05, 3.63) is 54.4 Å². The molecule has 6 nitrogen and oxygen atoms in total. The van der Waals surface area contributed by atoms with Crippen LogP contribution >= 0.6 is 0 Å². The number of imidazole rings is 1. The molecule has 1 aliphatic rings. The third-order valence-corrected chi connectivity index (χ3v) is 4.91. The van der Waals surface area contributed by atoms with Crippen LogP contribution in [-0.2, 0) is 0 Å². The van der Waals surface area contributed by atoms with Gasteiger partial charge in [0.15, 0.2) is 5.65 Å². The monoisotopic (exact) mass is 367 g/mol. The Balaban J connectivity index is 1.59. The fourth-order valence-electron chi connectivity index (χ4n) is 3.49. The van der Waals surface area contributed by atoms with E-state index in [2.05, 4.69) is 21.8 Å². The number of hydrogen-bond donors (Lipinski definition) is 0. The number of halogens is 1. The Morgan fingerprint density at radius 1 is 1.15 bits per heavy atom. The summed E-state index contributed by atoms with van der Waals surface area (Å²) >= 11 is 0. The van der Waals surface area contributed by atoms with E-state index in [0.29, 0.717) is 17.0 Å². The number of piperazine rings is 1. The molecule has 3 aromatic rings. The lowest BCUT2D eigenvalue weighted by molar-refractivity contribution is 0.0632. The van der Waals surface area contributed by atoms with Crippen molar-refractivity contribution >= 4 is 11.6 Å². The number of fused-ring (bicyclic) bond motifs is 1. The Kier molecular flexibility index (Phi) is 4.85. The summed E-state index contributed by atoms with van der Waals surface area (Å²) in [6.07, 6.45) is 6.29. The standard InChI is InChI=1S/C20H22FN5O/c1-2-8-24-10-12-25(13-11-24)20(27)17-14-26-9-7-22-18(19(26)23-17)15-3-5-16(21)6-4-15/h3-7,9,14H,2,8,10-13H2,1H3. The van der Waals surface area contributed by atoms with Gasteiger partial charge in [0.25, 0.3) is 5.91 Å². The van der Waals surface area contributed by atoms with Gasteiger partial charge in [-0.15, -0.1) is 0 Å². The van der Waals surface area contributed by atoms with Crippen LogP contribution in [0.15, 0.2) is 42.9 Å². The van der Waals surface area contributed by atoms with Crippen molar-refractivity contribution in [2.24, 2.45) is 0 Å². The van der Waals surface area contributed by atoms with Gasteiger partial charge in [-0.3, -0.25) is 14.7 Å². The summed E-state index contributed by atoms with van der Waals surface area (Å²) in [7, 11) is 0. The Labute approximate surface area is 157 Å². The summed E-state index contributed by atoms with van der Waals surface area (Å²) in [4.78, 5) is 26.1.